The Kier molecular flexibility index (Phi) is 5.16. The van der Waals surface area contributed by atoms with Crippen LogP contribution >= 0.6 is 0 Å². The van der Waals surface area contributed by atoms with Crippen molar-refractivity contribution in [3.05, 3.63) is 29.8 Å². The maximum absolute atomic E-state index is 12.2. The van der Waals surface area contributed by atoms with E-state index >= 15 is 0 Å². The fourth-order valence-electron chi connectivity index (χ4n) is 2.49. The van der Waals surface area contributed by atoms with Crippen LogP contribution in [0.25, 0.3) is 0 Å². The van der Waals surface area contributed by atoms with Gasteiger partial charge < -0.3 is 21.7 Å². The Labute approximate surface area is 124 Å². The van der Waals surface area contributed by atoms with E-state index in [-0.39, 0.29) is 17.9 Å². The van der Waals surface area contributed by atoms with E-state index in [2.05, 4.69) is 16.0 Å². The summed E-state index contributed by atoms with van der Waals surface area (Å²) in [5.41, 5.74) is 6.69. The Morgan fingerprint density at radius 3 is 2.62 bits per heavy atom. The molecule has 0 spiro atoms. The molecule has 0 aromatic heterocycles. The van der Waals surface area contributed by atoms with Gasteiger partial charge in [0.15, 0.2) is 0 Å². The summed E-state index contributed by atoms with van der Waals surface area (Å²) in [6.45, 7) is 3.69. The van der Waals surface area contributed by atoms with E-state index in [1.54, 1.807) is 12.1 Å². The molecular formula is C15H22N4O2. The van der Waals surface area contributed by atoms with Crippen molar-refractivity contribution in [3.63, 3.8) is 0 Å². The van der Waals surface area contributed by atoms with E-state index in [4.69, 9.17) is 5.73 Å². The topological polar surface area (TPSA) is 96.2 Å². The molecule has 2 atom stereocenters. The number of nitrogens with two attached hydrogens (primary N) is 1. The molecule has 1 aromatic rings. The summed E-state index contributed by atoms with van der Waals surface area (Å²) in [7, 11) is 0. The summed E-state index contributed by atoms with van der Waals surface area (Å²) in [6.07, 6.45) is 1.98. The molecule has 1 aliphatic heterocycles. The highest BCUT2D eigenvalue weighted by molar-refractivity contribution is 5.87. The molecular weight excluding hydrogens is 268 g/mol. The van der Waals surface area contributed by atoms with E-state index in [1.165, 1.54) is 0 Å². The highest BCUT2D eigenvalue weighted by atomic mass is 16.2. The van der Waals surface area contributed by atoms with Crippen LogP contribution in [0.5, 0.6) is 0 Å². The number of carbonyl (C=O) groups is 2. The van der Waals surface area contributed by atoms with Gasteiger partial charge in [-0.25, -0.2) is 4.79 Å². The number of urea groups is 1. The average Bonchev–Trinajstić information content (AvgIpc) is 2.48. The molecule has 1 aromatic carbocycles. The monoisotopic (exact) mass is 290 g/mol. The van der Waals surface area contributed by atoms with Crippen molar-refractivity contribution in [3.8, 4) is 0 Å². The summed E-state index contributed by atoms with van der Waals surface area (Å²) in [5, 5.41) is 8.78. The lowest BCUT2D eigenvalue weighted by Crippen LogP contribution is -2.41. The standard InChI is InChI=1S/C15H22N4O2/c1-10(18-14(20)12-3-2-8-17-9-12)11-4-6-13(7-5-11)19-15(16)21/h4-7,10,12,17H,2-3,8-9H2,1H3,(H,18,20)(H3,16,19,21). The first-order chi connectivity index (χ1) is 10.1. The van der Waals surface area contributed by atoms with Crippen LogP contribution < -0.4 is 21.7 Å². The molecule has 2 rings (SSSR count). The van der Waals surface area contributed by atoms with Gasteiger partial charge in [-0.2, -0.15) is 0 Å². The normalized spacial score (nSPS) is 19.6. The van der Waals surface area contributed by atoms with Crippen molar-refractivity contribution in [2.45, 2.75) is 25.8 Å². The number of primary amides is 1. The molecule has 6 heteroatoms. The van der Waals surface area contributed by atoms with Crippen LogP contribution in [0.3, 0.4) is 0 Å². The van der Waals surface area contributed by atoms with Gasteiger partial charge in [-0.05, 0) is 44.0 Å². The largest absolute Gasteiger partial charge is 0.351 e. The second-order valence-corrected chi connectivity index (χ2v) is 5.38. The average molecular weight is 290 g/mol. The highest BCUT2D eigenvalue weighted by Gasteiger charge is 2.22. The first kappa shape index (κ1) is 15.3. The Hall–Kier alpha value is -2.08. The minimum Gasteiger partial charge on any atom is -0.351 e. The molecule has 1 aliphatic rings. The third-order valence-corrected chi connectivity index (χ3v) is 3.70. The summed E-state index contributed by atoms with van der Waals surface area (Å²) >= 11 is 0. The number of carbonyl (C=O) groups excluding carboxylic acids is 2. The molecule has 0 radical (unpaired) electrons. The van der Waals surface area contributed by atoms with E-state index in [0.717, 1.165) is 31.5 Å². The molecule has 114 valence electrons. The molecule has 21 heavy (non-hydrogen) atoms. The van der Waals surface area contributed by atoms with E-state index < -0.39 is 6.03 Å². The minimum absolute atomic E-state index is 0.0528. The smallest absolute Gasteiger partial charge is 0.316 e. The third-order valence-electron chi connectivity index (χ3n) is 3.70. The van der Waals surface area contributed by atoms with Gasteiger partial charge in [0.25, 0.3) is 0 Å². The lowest BCUT2D eigenvalue weighted by molar-refractivity contribution is -0.126. The summed E-state index contributed by atoms with van der Waals surface area (Å²) in [4.78, 5) is 22.9. The van der Waals surface area contributed by atoms with Gasteiger partial charge in [0.2, 0.25) is 5.91 Å². The van der Waals surface area contributed by atoms with Crippen LogP contribution in [0, 0.1) is 5.92 Å². The predicted octanol–water partition coefficient (Wildman–Crippen LogP) is 1.35. The lowest BCUT2D eigenvalue weighted by Gasteiger charge is -2.24. The molecule has 1 fully saturated rings. The van der Waals surface area contributed by atoms with Crippen molar-refractivity contribution < 1.29 is 9.59 Å². The molecule has 0 saturated carbocycles. The number of amides is 3. The van der Waals surface area contributed by atoms with E-state index in [9.17, 15) is 9.59 Å². The Morgan fingerprint density at radius 1 is 1.33 bits per heavy atom. The van der Waals surface area contributed by atoms with E-state index in [0.29, 0.717) is 5.69 Å². The molecule has 3 amide bonds. The van der Waals surface area contributed by atoms with Gasteiger partial charge >= 0.3 is 6.03 Å². The number of benzene rings is 1. The molecule has 1 heterocycles. The first-order valence-corrected chi connectivity index (χ1v) is 7.24. The Morgan fingerprint density at radius 2 is 2.05 bits per heavy atom. The molecule has 0 aliphatic carbocycles. The molecule has 2 unspecified atom stereocenters. The molecule has 1 saturated heterocycles. The van der Waals surface area contributed by atoms with Crippen LogP contribution in [0.2, 0.25) is 0 Å². The van der Waals surface area contributed by atoms with Crippen LogP contribution in [0.1, 0.15) is 31.4 Å². The summed E-state index contributed by atoms with van der Waals surface area (Å²) in [6, 6.07) is 6.62. The number of rotatable bonds is 4. The van der Waals surface area contributed by atoms with Gasteiger partial charge in [-0.15, -0.1) is 0 Å². The van der Waals surface area contributed by atoms with Crippen LogP contribution in [0.15, 0.2) is 24.3 Å². The lowest BCUT2D eigenvalue weighted by atomic mass is 9.98. The maximum atomic E-state index is 12.2. The number of anilines is 1. The first-order valence-electron chi connectivity index (χ1n) is 7.24. The number of hydrogen-bond donors (Lipinski definition) is 4. The van der Waals surface area contributed by atoms with Crippen LogP contribution in [0.4, 0.5) is 10.5 Å². The molecule has 5 N–H and O–H groups in total. The molecule has 6 nitrogen and oxygen atoms in total. The van der Waals surface area contributed by atoms with Crippen molar-refractivity contribution in [2.75, 3.05) is 18.4 Å². The zero-order chi connectivity index (χ0) is 15.2. The quantitative estimate of drug-likeness (QED) is 0.674. The second-order valence-electron chi connectivity index (χ2n) is 5.38. The third kappa shape index (κ3) is 4.46. The van der Waals surface area contributed by atoms with Crippen molar-refractivity contribution in [1.29, 1.82) is 0 Å². The van der Waals surface area contributed by atoms with Crippen molar-refractivity contribution in [1.82, 2.24) is 10.6 Å². The van der Waals surface area contributed by atoms with Gasteiger partial charge in [0.05, 0.1) is 12.0 Å². The van der Waals surface area contributed by atoms with E-state index in [1.807, 2.05) is 19.1 Å². The number of piperidine rings is 1. The Balaban J connectivity index is 1.91. The van der Waals surface area contributed by atoms with Gasteiger partial charge in [0.1, 0.15) is 0 Å². The number of hydrogen-bond acceptors (Lipinski definition) is 3. The highest BCUT2D eigenvalue weighted by Crippen LogP contribution is 2.18. The predicted molar refractivity (Wildman–Crippen MR) is 81.8 cm³/mol. The van der Waals surface area contributed by atoms with Gasteiger partial charge in [-0.1, -0.05) is 12.1 Å². The van der Waals surface area contributed by atoms with Crippen LogP contribution in [-0.2, 0) is 4.79 Å². The van der Waals surface area contributed by atoms with Crippen LogP contribution in [-0.4, -0.2) is 25.0 Å². The van der Waals surface area contributed by atoms with Crippen molar-refractivity contribution in [2.24, 2.45) is 11.7 Å². The van der Waals surface area contributed by atoms with Crippen molar-refractivity contribution >= 4 is 17.6 Å². The fourth-order valence-corrected chi connectivity index (χ4v) is 2.49. The second kappa shape index (κ2) is 7.08. The molecule has 0 bridgehead atoms. The minimum atomic E-state index is -0.589. The summed E-state index contributed by atoms with van der Waals surface area (Å²) in [5.74, 6) is 0.144. The zero-order valence-corrected chi connectivity index (χ0v) is 12.2. The number of nitrogens with one attached hydrogen (secondary N) is 3. The summed E-state index contributed by atoms with van der Waals surface area (Å²) < 4.78 is 0. The SMILES string of the molecule is CC(NC(=O)C1CCCNC1)c1ccc(NC(N)=O)cc1. The fraction of sp³-hybridized carbons (Fsp3) is 0.467. The Bertz CT molecular complexity index is 495. The maximum Gasteiger partial charge on any atom is 0.316 e. The zero-order valence-electron chi connectivity index (χ0n) is 12.2. The van der Waals surface area contributed by atoms with Gasteiger partial charge in [0, 0.05) is 12.2 Å². The van der Waals surface area contributed by atoms with Gasteiger partial charge in [-0.3, -0.25) is 4.79 Å².